The van der Waals surface area contributed by atoms with Crippen LogP contribution < -0.4 is 15.8 Å². The number of methoxy groups -OCH3 is 1. The van der Waals surface area contributed by atoms with Crippen molar-refractivity contribution in [2.45, 2.75) is 19.3 Å². The van der Waals surface area contributed by atoms with Gasteiger partial charge in [0.05, 0.1) is 7.11 Å². The molecule has 1 aromatic heterocycles. The molecule has 2 aromatic rings. The number of carbonyl (C=O) groups is 1. The van der Waals surface area contributed by atoms with Gasteiger partial charge in [0.2, 0.25) is 5.91 Å². The number of nitrogens with two attached hydrogens (primary N) is 1. The van der Waals surface area contributed by atoms with E-state index in [1.165, 1.54) is 5.56 Å². The number of amides is 1. The first-order valence-electron chi connectivity index (χ1n) is 6.85. The lowest BCUT2D eigenvalue weighted by molar-refractivity contribution is -0.121. The fraction of sp³-hybridized carbons (Fsp3) is 0.400. The van der Waals surface area contributed by atoms with E-state index in [2.05, 4.69) is 10.3 Å². The summed E-state index contributed by atoms with van der Waals surface area (Å²) in [6.07, 6.45) is 4.01. The van der Waals surface area contributed by atoms with Crippen molar-refractivity contribution < 1.29 is 9.53 Å². The highest BCUT2D eigenvalue weighted by Gasteiger charge is 2.06. The summed E-state index contributed by atoms with van der Waals surface area (Å²) in [5, 5.41) is 4.05. The number of H-pyrrole nitrogens is 1. The van der Waals surface area contributed by atoms with E-state index in [9.17, 15) is 4.79 Å². The molecule has 108 valence electrons. The van der Waals surface area contributed by atoms with Crippen molar-refractivity contribution in [2.24, 2.45) is 5.73 Å². The number of nitrogens with one attached hydrogen (secondary N) is 2. The highest BCUT2D eigenvalue weighted by Crippen LogP contribution is 2.23. The lowest BCUT2D eigenvalue weighted by Gasteiger charge is -2.05. The number of rotatable bonds is 7. The molecule has 1 heterocycles. The highest BCUT2D eigenvalue weighted by atomic mass is 16.5. The number of ether oxygens (including phenoxy) is 1. The topological polar surface area (TPSA) is 80.1 Å². The molecule has 5 nitrogen and oxygen atoms in total. The Balaban J connectivity index is 1.94. The van der Waals surface area contributed by atoms with Crippen molar-refractivity contribution in [1.82, 2.24) is 10.3 Å². The summed E-state index contributed by atoms with van der Waals surface area (Å²) in [5.74, 6) is 0.901. The van der Waals surface area contributed by atoms with Gasteiger partial charge in [-0.05, 0) is 43.1 Å². The molecular weight excluding hydrogens is 254 g/mol. The molecule has 0 aliphatic heterocycles. The molecule has 0 atom stereocenters. The molecule has 0 aliphatic carbocycles. The fourth-order valence-electron chi connectivity index (χ4n) is 2.18. The molecule has 4 N–H and O–H groups in total. The highest BCUT2D eigenvalue weighted by molar-refractivity contribution is 5.84. The van der Waals surface area contributed by atoms with Gasteiger partial charge in [-0.3, -0.25) is 4.79 Å². The van der Waals surface area contributed by atoms with E-state index in [1.54, 1.807) is 7.11 Å². The van der Waals surface area contributed by atoms with Gasteiger partial charge < -0.3 is 20.8 Å². The molecule has 1 aromatic carbocycles. The zero-order chi connectivity index (χ0) is 14.4. The van der Waals surface area contributed by atoms with Crippen LogP contribution in [0.15, 0.2) is 24.4 Å². The van der Waals surface area contributed by atoms with Crippen LogP contribution in [0.5, 0.6) is 5.75 Å². The fourth-order valence-corrected chi connectivity index (χ4v) is 2.18. The van der Waals surface area contributed by atoms with Crippen molar-refractivity contribution in [3.63, 3.8) is 0 Å². The SMILES string of the molecule is COc1ccc2[nH]cc(CCNC(=O)CCCN)c2c1. The molecule has 0 radical (unpaired) electrons. The van der Waals surface area contributed by atoms with Crippen LogP contribution in [0.25, 0.3) is 10.9 Å². The third-order valence-electron chi connectivity index (χ3n) is 3.30. The van der Waals surface area contributed by atoms with Crippen molar-refractivity contribution in [3.8, 4) is 5.75 Å². The Morgan fingerprint density at radius 3 is 3.05 bits per heavy atom. The zero-order valence-corrected chi connectivity index (χ0v) is 11.7. The molecule has 2 rings (SSSR count). The van der Waals surface area contributed by atoms with Crippen molar-refractivity contribution in [3.05, 3.63) is 30.0 Å². The van der Waals surface area contributed by atoms with E-state index < -0.39 is 0 Å². The molecule has 0 bridgehead atoms. The van der Waals surface area contributed by atoms with Gasteiger partial charge in [0.15, 0.2) is 0 Å². The second-order valence-electron chi connectivity index (χ2n) is 4.72. The summed E-state index contributed by atoms with van der Waals surface area (Å²) in [4.78, 5) is 14.7. The number of hydrogen-bond donors (Lipinski definition) is 3. The summed E-state index contributed by atoms with van der Waals surface area (Å²) < 4.78 is 5.24. The molecule has 20 heavy (non-hydrogen) atoms. The van der Waals surface area contributed by atoms with E-state index in [1.807, 2.05) is 24.4 Å². The third kappa shape index (κ3) is 3.51. The van der Waals surface area contributed by atoms with E-state index in [-0.39, 0.29) is 5.91 Å². The molecule has 0 aliphatic rings. The van der Waals surface area contributed by atoms with Crippen LogP contribution >= 0.6 is 0 Å². The number of aromatic amines is 1. The summed E-state index contributed by atoms with van der Waals surface area (Å²) in [6, 6.07) is 5.94. The Kier molecular flexibility index (Phi) is 5.01. The molecule has 0 unspecified atom stereocenters. The number of carbonyl (C=O) groups excluding carboxylic acids is 1. The Morgan fingerprint density at radius 2 is 2.30 bits per heavy atom. The first kappa shape index (κ1) is 14.4. The summed E-state index contributed by atoms with van der Waals surface area (Å²) in [7, 11) is 1.66. The average Bonchev–Trinajstić information content (AvgIpc) is 2.87. The standard InChI is InChI=1S/C15H21N3O2/c1-20-12-4-5-14-13(9-12)11(10-18-14)6-8-17-15(19)3-2-7-16/h4-5,9-10,18H,2-3,6-8,16H2,1H3,(H,17,19). The van der Waals surface area contributed by atoms with Gasteiger partial charge in [-0.15, -0.1) is 0 Å². The second kappa shape index (κ2) is 6.96. The lowest BCUT2D eigenvalue weighted by Crippen LogP contribution is -2.25. The van der Waals surface area contributed by atoms with E-state index in [0.717, 1.165) is 29.5 Å². The predicted molar refractivity (Wildman–Crippen MR) is 79.9 cm³/mol. The van der Waals surface area contributed by atoms with E-state index in [4.69, 9.17) is 10.5 Å². The van der Waals surface area contributed by atoms with Crippen LogP contribution in [0.4, 0.5) is 0 Å². The third-order valence-corrected chi connectivity index (χ3v) is 3.30. The Bertz CT molecular complexity index is 578. The Hall–Kier alpha value is -2.01. The number of hydrogen-bond acceptors (Lipinski definition) is 3. The van der Waals surface area contributed by atoms with Gasteiger partial charge in [-0.2, -0.15) is 0 Å². The van der Waals surface area contributed by atoms with Crippen LogP contribution in [0.1, 0.15) is 18.4 Å². The minimum Gasteiger partial charge on any atom is -0.497 e. The van der Waals surface area contributed by atoms with Crippen molar-refractivity contribution >= 4 is 16.8 Å². The van der Waals surface area contributed by atoms with Crippen LogP contribution in [0, 0.1) is 0 Å². The monoisotopic (exact) mass is 275 g/mol. The molecule has 0 saturated heterocycles. The smallest absolute Gasteiger partial charge is 0.220 e. The normalized spacial score (nSPS) is 10.7. The van der Waals surface area contributed by atoms with Gasteiger partial charge in [0.25, 0.3) is 0 Å². The Morgan fingerprint density at radius 1 is 1.45 bits per heavy atom. The van der Waals surface area contributed by atoms with Crippen LogP contribution in [0.2, 0.25) is 0 Å². The summed E-state index contributed by atoms with van der Waals surface area (Å²) in [6.45, 7) is 1.18. The van der Waals surface area contributed by atoms with Gasteiger partial charge in [-0.25, -0.2) is 0 Å². The zero-order valence-electron chi connectivity index (χ0n) is 11.7. The molecular formula is C15H21N3O2. The van der Waals surface area contributed by atoms with Gasteiger partial charge in [0, 0.05) is 30.1 Å². The largest absolute Gasteiger partial charge is 0.497 e. The maximum atomic E-state index is 11.5. The maximum Gasteiger partial charge on any atom is 0.220 e. The minimum atomic E-state index is 0.0628. The quantitative estimate of drug-likeness (QED) is 0.717. The molecule has 1 amide bonds. The molecule has 0 fully saturated rings. The predicted octanol–water partition coefficient (Wildman–Crippen LogP) is 1.57. The van der Waals surface area contributed by atoms with Crippen LogP contribution in [0.3, 0.4) is 0 Å². The van der Waals surface area contributed by atoms with Crippen LogP contribution in [-0.2, 0) is 11.2 Å². The first-order chi connectivity index (χ1) is 9.74. The van der Waals surface area contributed by atoms with E-state index >= 15 is 0 Å². The molecule has 0 saturated carbocycles. The average molecular weight is 275 g/mol. The van der Waals surface area contributed by atoms with E-state index in [0.29, 0.717) is 19.5 Å². The molecule has 5 heteroatoms. The lowest BCUT2D eigenvalue weighted by atomic mass is 10.1. The van der Waals surface area contributed by atoms with Gasteiger partial charge in [0.1, 0.15) is 5.75 Å². The van der Waals surface area contributed by atoms with Crippen LogP contribution in [-0.4, -0.2) is 31.1 Å². The summed E-state index contributed by atoms with van der Waals surface area (Å²) >= 11 is 0. The minimum absolute atomic E-state index is 0.0628. The molecule has 0 spiro atoms. The summed E-state index contributed by atoms with van der Waals surface area (Å²) in [5.41, 5.74) is 7.63. The number of fused-ring (bicyclic) bond motifs is 1. The Labute approximate surface area is 118 Å². The number of benzene rings is 1. The van der Waals surface area contributed by atoms with Gasteiger partial charge in [-0.1, -0.05) is 0 Å². The second-order valence-corrected chi connectivity index (χ2v) is 4.72. The van der Waals surface area contributed by atoms with Crippen molar-refractivity contribution in [1.29, 1.82) is 0 Å². The van der Waals surface area contributed by atoms with Crippen molar-refractivity contribution in [2.75, 3.05) is 20.2 Å². The number of aromatic nitrogens is 1. The van der Waals surface area contributed by atoms with Gasteiger partial charge >= 0.3 is 0 Å². The first-order valence-corrected chi connectivity index (χ1v) is 6.85. The maximum absolute atomic E-state index is 11.5.